The predicted octanol–water partition coefficient (Wildman–Crippen LogP) is 4.26. The molecule has 0 spiro atoms. The predicted molar refractivity (Wildman–Crippen MR) is 96.2 cm³/mol. The molecule has 23 heavy (non-hydrogen) atoms. The van der Waals surface area contributed by atoms with E-state index in [1.165, 1.54) is 0 Å². The van der Waals surface area contributed by atoms with Gasteiger partial charge in [-0.05, 0) is 38.1 Å². The zero-order valence-corrected chi connectivity index (χ0v) is 14.3. The summed E-state index contributed by atoms with van der Waals surface area (Å²) in [4.78, 5) is 3.07. The van der Waals surface area contributed by atoms with Gasteiger partial charge in [0, 0.05) is 18.7 Å². The molecule has 3 rings (SSSR count). The van der Waals surface area contributed by atoms with Crippen molar-refractivity contribution in [3.8, 4) is 11.5 Å². The maximum Gasteiger partial charge on any atom is 0.128 e. The maximum absolute atomic E-state index is 5.90. The molecule has 0 bridgehead atoms. The lowest BCUT2D eigenvalue weighted by molar-refractivity contribution is -0.0472. The van der Waals surface area contributed by atoms with Crippen LogP contribution in [-0.4, -0.2) is 35.2 Å². The average molecular weight is 327 g/mol. The molecule has 1 aliphatic heterocycles. The lowest BCUT2D eigenvalue weighted by atomic mass is 10.1. The summed E-state index contributed by atoms with van der Waals surface area (Å²) in [5.74, 6) is 1.62. The molecule has 1 aliphatic rings. The monoisotopic (exact) mass is 327 g/mol. The molecular formula is C19H21NO2S. The highest BCUT2D eigenvalue weighted by atomic mass is 32.1. The van der Waals surface area contributed by atoms with Crippen LogP contribution in [0.3, 0.4) is 0 Å². The van der Waals surface area contributed by atoms with Crippen molar-refractivity contribution >= 4 is 17.2 Å². The summed E-state index contributed by atoms with van der Waals surface area (Å²) < 4.78 is 11.7. The molecule has 0 unspecified atom stereocenters. The van der Waals surface area contributed by atoms with Crippen LogP contribution in [0.2, 0.25) is 0 Å². The zero-order chi connectivity index (χ0) is 16.2. The van der Waals surface area contributed by atoms with Gasteiger partial charge in [0.2, 0.25) is 0 Å². The first-order chi connectivity index (χ1) is 11.1. The van der Waals surface area contributed by atoms with Crippen molar-refractivity contribution in [1.82, 2.24) is 4.90 Å². The number of ether oxygens (including phenoxy) is 2. The molecule has 0 amide bonds. The fraction of sp³-hybridized carbons (Fsp3) is 0.316. The SMILES string of the molecule is C[C@@H]1CN(C(=S)c2cccc(Oc3ccccc3)c2)C[C@H](C)O1. The van der Waals surface area contributed by atoms with Crippen LogP contribution in [0.5, 0.6) is 11.5 Å². The summed E-state index contributed by atoms with van der Waals surface area (Å²) in [5.41, 5.74) is 1.01. The summed E-state index contributed by atoms with van der Waals surface area (Å²) >= 11 is 5.69. The van der Waals surface area contributed by atoms with Crippen molar-refractivity contribution in [3.63, 3.8) is 0 Å². The van der Waals surface area contributed by atoms with Crippen molar-refractivity contribution in [1.29, 1.82) is 0 Å². The van der Waals surface area contributed by atoms with Crippen LogP contribution in [0.4, 0.5) is 0 Å². The lowest BCUT2D eigenvalue weighted by Gasteiger charge is -2.37. The van der Waals surface area contributed by atoms with Crippen LogP contribution < -0.4 is 4.74 Å². The minimum atomic E-state index is 0.195. The molecule has 2 aromatic rings. The second kappa shape index (κ2) is 7.11. The Kier molecular flexibility index (Phi) is 4.94. The van der Waals surface area contributed by atoms with E-state index in [0.717, 1.165) is 35.1 Å². The third-order valence-electron chi connectivity index (χ3n) is 3.77. The summed E-state index contributed by atoms with van der Waals surface area (Å²) in [5, 5.41) is 0. The second-order valence-corrected chi connectivity index (χ2v) is 6.30. The molecule has 0 saturated carbocycles. The standard InChI is InChI=1S/C19H21NO2S/c1-14-12-20(13-15(2)21-14)19(23)16-7-6-10-18(11-16)22-17-8-4-3-5-9-17/h3-11,14-15H,12-13H2,1-2H3/t14-,15+. The molecule has 0 radical (unpaired) electrons. The molecule has 0 aromatic heterocycles. The Morgan fingerprint density at radius 1 is 1.00 bits per heavy atom. The lowest BCUT2D eigenvalue weighted by Crippen LogP contribution is -2.47. The van der Waals surface area contributed by atoms with Crippen LogP contribution in [0, 0.1) is 0 Å². The van der Waals surface area contributed by atoms with Crippen molar-refractivity contribution in [2.75, 3.05) is 13.1 Å². The number of hydrogen-bond donors (Lipinski definition) is 0. The Hall–Kier alpha value is -1.91. The van der Waals surface area contributed by atoms with Crippen LogP contribution in [0.15, 0.2) is 54.6 Å². The van der Waals surface area contributed by atoms with E-state index in [4.69, 9.17) is 21.7 Å². The molecule has 1 saturated heterocycles. The van der Waals surface area contributed by atoms with Crippen LogP contribution in [0.1, 0.15) is 19.4 Å². The van der Waals surface area contributed by atoms with Gasteiger partial charge in [-0.25, -0.2) is 0 Å². The molecule has 1 heterocycles. The first-order valence-electron chi connectivity index (χ1n) is 7.89. The molecule has 1 fully saturated rings. The number of nitrogens with zero attached hydrogens (tertiary/aromatic N) is 1. The van der Waals surface area contributed by atoms with E-state index in [1.54, 1.807) is 0 Å². The number of morpholine rings is 1. The third-order valence-corrected chi connectivity index (χ3v) is 4.26. The van der Waals surface area contributed by atoms with Gasteiger partial charge in [-0.3, -0.25) is 0 Å². The van der Waals surface area contributed by atoms with Gasteiger partial charge in [-0.2, -0.15) is 0 Å². The number of thiocarbonyl (C=S) groups is 1. The summed E-state index contributed by atoms with van der Waals surface area (Å²) in [6.45, 7) is 5.82. The van der Waals surface area contributed by atoms with Crippen LogP contribution in [-0.2, 0) is 4.74 Å². The minimum absolute atomic E-state index is 0.195. The molecule has 3 nitrogen and oxygen atoms in total. The third kappa shape index (κ3) is 4.09. The topological polar surface area (TPSA) is 21.7 Å². The van der Waals surface area contributed by atoms with Gasteiger partial charge >= 0.3 is 0 Å². The number of rotatable bonds is 3. The molecule has 4 heteroatoms. The summed E-state index contributed by atoms with van der Waals surface area (Å²) in [7, 11) is 0. The Labute approximate surface area is 142 Å². The normalized spacial score (nSPS) is 21.0. The van der Waals surface area contributed by atoms with Crippen molar-refractivity contribution in [3.05, 3.63) is 60.2 Å². The van der Waals surface area contributed by atoms with E-state index >= 15 is 0 Å². The quantitative estimate of drug-likeness (QED) is 0.785. The second-order valence-electron chi connectivity index (χ2n) is 5.91. The fourth-order valence-corrected chi connectivity index (χ4v) is 3.12. The van der Waals surface area contributed by atoms with Gasteiger partial charge in [-0.1, -0.05) is 42.5 Å². The average Bonchev–Trinajstić information content (AvgIpc) is 2.54. The number of para-hydroxylation sites is 1. The van der Waals surface area contributed by atoms with Gasteiger partial charge in [0.05, 0.1) is 12.2 Å². The zero-order valence-electron chi connectivity index (χ0n) is 13.4. The van der Waals surface area contributed by atoms with E-state index in [2.05, 4.69) is 18.7 Å². The van der Waals surface area contributed by atoms with Crippen LogP contribution >= 0.6 is 12.2 Å². The highest BCUT2D eigenvalue weighted by molar-refractivity contribution is 7.80. The first-order valence-corrected chi connectivity index (χ1v) is 8.30. The van der Waals surface area contributed by atoms with Gasteiger partial charge < -0.3 is 14.4 Å². The highest BCUT2D eigenvalue weighted by Crippen LogP contribution is 2.23. The van der Waals surface area contributed by atoms with Crippen molar-refractivity contribution in [2.45, 2.75) is 26.1 Å². The molecule has 2 aromatic carbocycles. The first kappa shape index (κ1) is 16.0. The van der Waals surface area contributed by atoms with Crippen LogP contribution in [0.25, 0.3) is 0 Å². The molecule has 0 N–H and O–H groups in total. The maximum atomic E-state index is 5.90. The Morgan fingerprint density at radius 2 is 1.65 bits per heavy atom. The largest absolute Gasteiger partial charge is 0.457 e. The van der Waals surface area contributed by atoms with E-state index in [0.29, 0.717) is 0 Å². The number of hydrogen-bond acceptors (Lipinski definition) is 3. The molecular weight excluding hydrogens is 306 g/mol. The molecule has 2 atom stereocenters. The van der Waals surface area contributed by atoms with E-state index in [9.17, 15) is 0 Å². The number of benzene rings is 2. The highest BCUT2D eigenvalue weighted by Gasteiger charge is 2.24. The minimum Gasteiger partial charge on any atom is -0.457 e. The van der Waals surface area contributed by atoms with E-state index < -0.39 is 0 Å². The van der Waals surface area contributed by atoms with E-state index in [1.807, 2.05) is 54.6 Å². The van der Waals surface area contributed by atoms with Crippen molar-refractivity contribution in [2.24, 2.45) is 0 Å². The Balaban J connectivity index is 1.75. The van der Waals surface area contributed by atoms with Gasteiger partial charge in [0.1, 0.15) is 16.5 Å². The fourth-order valence-electron chi connectivity index (χ4n) is 2.84. The smallest absolute Gasteiger partial charge is 0.128 e. The van der Waals surface area contributed by atoms with Gasteiger partial charge in [0.25, 0.3) is 0 Å². The molecule has 120 valence electrons. The van der Waals surface area contributed by atoms with Gasteiger partial charge in [0.15, 0.2) is 0 Å². The van der Waals surface area contributed by atoms with Crippen molar-refractivity contribution < 1.29 is 9.47 Å². The summed E-state index contributed by atoms with van der Waals surface area (Å²) in [6, 6.07) is 17.7. The Bertz CT molecular complexity index is 664. The Morgan fingerprint density at radius 3 is 2.35 bits per heavy atom. The van der Waals surface area contributed by atoms with E-state index in [-0.39, 0.29) is 12.2 Å². The molecule has 0 aliphatic carbocycles. The van der Waals surface area contributed by atoms with Gasteiger partial charge in [-0.15, -0.1) is 0 Å². The summed E-state index contributed by atoms with van der Waals surface area (Å²) in [6.07, 6.45) is 0.390.